The topological polar surface area (TPSA) is 46.5 Å². The van der Waals surface area contributed by atoms with Gasteiger partial charge in [-0.25, -0.2) is 4.79 Å². The lowest BCUT2D eigenvalue weighted by molar-refractivity contribution is -0.177. The molecule has 0 saturated heterocycles. The maximum atomic E-state index is 12.1. The Bertz CT molecular complexity index is 273. The van der Waals surface area contributed by atoms with Crippen molar-refractivity contribution in [1.29, 1.82) is 0 Å². The normalized spacial score (nSPS) is 26.5. The van der Waals surface area contributed by atoms with E-state index in [0.29, 0.717) is 13.0 Å². The molecule has 3 heteroatoms. The van der Waals surface area contributed by atoms with Crippen LogP contribution in [0, 0.1) is 11.3 Å². The molecule has 0 heterocycles. The van der Waals surface area contributed by atoms with Crippen molar-refractivity contribution in [2.45, 2.75) is 65.4 Å². The fourth-order valence-electron chi connectivity index (χ4n) is 3.27. The van der Waals surface area contributed by atoms with Gasteiger partial charge in [0.15, 0.2) is 5.60 Å². The van der Waals surface area contributed by atoms with Crippen molar-refractivity contribution in [2.24, 2.45) is 11.3 Å². The summed E-state index contributed by atoms with van der Waals surface area (Å²) in [5, 5.41) is 10.8. The van der Waals surface area contributed by atoms with Gasteiger partial charge in [-0.3, -0.25) is 0 Å². The van der Waals surface area contributed by atoms with Gasteiger partial charge in [0.25, 0.3) is 0 Å². The third kappa shape index (κ3) is 2.82. The van der Waals surface area contributed by atoms with Crippen molar-refractivity contribution in [3.05, 3.63) is 0 Å². The highest BCUT2D eigenvalue weighted by Gasteiger charge is 2.52. The molecular formula is C14H26O3. The van der Waals surface area contributed by atoms with E-state index in [2.05, 4.69) is 13.8 Å². The summed E-state index contributed by atoms with van der Waals surface area (Å²) in [6, 6.07) is 0. The number of ether oxygens (including phenoxy) is 1. The molecule has 0 aromatic carbocycles. The maximum Gasteiger partial charge on any atom is 0.338 e. The van der Waals surface area contributed by atoms with Gasteiger partial charge in [-0.2, -0.15) is 0 Å². The zero-order valence-electron chi connectivity index (χ0n) is 11.6. The minimum atomic E-state index is -1.29. The monoisotopic (exact) mass is 242 g/mol. The van der Waals surface area contributed by atoms with Gasteiger partial charge in [-0.05, 0) is 31.6 Å². The average Bonchev–Trinajstić information content (AvgIpc) is 2.59. The molecule has 100 valence electrons. The van der Waals surface area contributed by atoms with Crippen molar-refractivity contribution >= 4 is 5.97 Å². The average molecular weight is 242 g/mol. The lowest BCUT2D eigenvalue weighted by Gasteiger charge is -2.39. The highest BCUT2D eigenvalue weighted by molar-refractivity contribution is 5.80. The molecule has 0 spiro atoms. The fraction of sp³-hybridized carbons (Fsp3) is 0.929. The van der Waals surface area contributed by atoms with Gasteiger partial charge in [0, 0.05) is 5.92 Å². The zero-order chi connectivity index (χ0) is 13.1. The SMILES string of the molecule is CCCC(O)(C(=O)OCC)C1CCCC1(C)C. The van der Waals surface area contributed by atoms with Crippen LogP contribution in [-0.2, 0) is 9.53 Å². The van der Waals surface area contributed by atoms with Crippen LogP contribution in [0.4, 0.5) is 0 Å². The Morgan fingerprint density at radius 3 is 2.53 bits per heavy atom. The van der Waals surface area contributed by atoms with Gasteiger partial charge in [-0.1, -0.05) is 33.6 Å². The fourth-order valence-corrected chi connectivity index (χ4v) is 3.27. The minimum absolute atomic E-state index is 0.0222. The van der Waals surface area contributed by atoms with Crippen LogP contribution in [0.5, 0.6) is 0 Å². The third-order valence-corrected chi connectivity index (χ3v) is 4.09. The molecule has 1 N–H and O–H groups in total. The number of hydrogen-bond acceptors (Lipinski definition) is 3. The molecule has 0 bridgehead atoms. The molecule has 0 aromatic heterocycles. The molecule has 0 radical (unpaired) electrons. The molecule has 0 aliphatic heterocycles. The summed E-state index contributed by atoms with van der Waals surface area (Å²) in [5.74, 6) is -0.407. The summed E-state index contributed by atoms with van der Waals surface area (Å²) in [6.45, 7) is 8.39. The molecule has 0 amide bonds. The van der Waals surface area contributed by atoms with Crippen LogP contribution in [0.3, 0.4) is 0 Å². The number of carbonyl (C=O) groups excluding carboxylic acids is 1. The quantitative estimate of drug-likeness (QED) is 0.754. The van der Waals surface area contributed by atoms with Crippen molar-refractivity contribution < 1.29 is 14.6 Å². The Hall–Kier alpha value is -0.570. The van der Waals surface area contributed by atoms with Gasteiger partial charge in [0.05, 0.1) is 6.61 Å². The second kappa shape index (κ2) is 5.38. The first-order valence-electron chi connectivity index (χ1n) is 6.78. The predicted octanol–water partition coefficient (Wildman–Crippen LogP) is 2.91. The van der Waals surface area contributed by atoms with E-state index in [1.165, 1.54) is 0 Å². The van der Waals surface area contributed by atoms with Crippen molar-refractivity contribution in [2.75, 3.05) is 6.61 Å². The van der Waals surface area contributed by atoms with E-state index in [-0.39, 0.29) is 11.3 Å². The molecule has 0 aromatic rings. The summed E-state index contributed by atoms with van der Waals surface area (Å²) < 4.78 is 5.08. The molecule has 17 heavy (non-hydrogen) atoms. The molecule has 1 rings (SSSR count). The highest BCUT2D eigenvalue weighted by Crippen LogP contribution is 2.49. The zero-order valence-corrected chi connectivity index (χ0v) is 11.6. The van der Waals surface area contributed by atoms with Crippen molar-refractivity contribution in [1.82, 2.24) is 0 Å². The van der Waals surface area contributed by atoms with E-state index in [0.717, 1.165) is 25.7 Å². The third-order valence-electron chi connectivity index (χ3n) is 4.09. The van der Waals surface area contributed by atoms with E-state index in [1.807, 2.05) is 6.92 Å². The molecule has 1 fully saturated rings. The Kier molecular flexibility index (Phi) is 4.59. The summed E-state index contributed by atoms with van der Waals surface area (Å²) in [6.07, 6.45) is 4.37. The van der Waals surface area contributed by atoms with Gasteiger partial charge in [0.1, 0.15) is 0 Å². The van der Waals surface area contributed by atoms with Gasteiger partial charge < -0.3 is 9.84 Å². The number of rotatable bonds is 5. The first-order valence-corrected chi connectivity index (χ1v) is 6.78. The highest BCUT2D eigenvalue weighted by atomic mass is 16.5. The first-order chi connectivity index (χ1) is 7.88. The van der Waals surface area contributed by atoms with Gasteiger partial charge in [-0.15, -0.1) is 0 Å². The lowest BCUT2D eigenvalue weighted by atomic mass is 9.70. The Morgan fingerprint density at radius 2 is 2.12 bits per heavy atom. The second-order valence-electron chi connectivity index (χ2n) is 5.83. The van der Waals surface area contributed by atoms with E-state index in [4.69, 9.17) is 4.74 Å². The summed E-state index contributed by atoms with van der Waals surface area (Å²) in [7, 11) is 0. The van der Waals surface area contributed by atoms with Crippen LogP contribution in [-0.4, -0.2) is 23.3 Å². The van der Waals surface area contributed by atoms with E-state index < -0.39 is 11.6 Å². The summed E-state index contributed by atoms with van der Waals surface area (Å²) in [4.78, 5) is 12.1. The number of esters is 1. The largest absolute Gasteiger partial charge is 0.464 e. The number of hydrogen-bond donors (Lipinski definition) is 1. The minimum Gasteiger partial charge on any atom is -0.464 e. The molecule has 1 aliphatic carbocycles. The summed E-state index contributed by atoms with van der Waals surface area (Å²) >= 11 is 0. The molecule has 3 nitrogen and oxygen atoms in total. The predicted molar refractivity (Wildman–Crippen MR) is 67.6 cm³/mol. The van der Waals surface area contributed by atoms with Crippen molar-refractivity contribution in [3.63, 3.8) is 0 Å². The number of aliphatic hydroxyl groups is 1. The van der Waals surface area contributed by atoms with Gasteiger partial charge in [0.2, 0.25) is 0 Å². The molecule has 1 aliphatic rings. The van der Waals surface area contributed by atoms with Crippen LogP contribution < -0.4 is 0 Å². The molecule has 2 atom stereocenters. The number of carbonyl (C=O) groups is 1. The van der Waals surface area contributed by atoms with E-state index >= 15 is 0 Å². The van der Waals surface area contributed by atoms with E-state index in [9.17, 15) is 9.90 Å². The maximum absolute atomic E-state index is 12.1. The lowest BCUT2D eigenvalue weighted by Crippen LogP contribution is -2.50. The van der Waals surface area contributed by atoms with Crippen LogP contribution in [0.2, 0.25) is 0 Å². The smallest absolute Gasteiger partial charge is 0.338 e. The molecule has 1 saturated carbocycles. The van der Waals surface area contributed by atoms with E-state index in [1.54, 1.807) is 6.92 Å². The van der Waals surface area contributed by atoms with Gasteiger partial charge >= 0.3 is 5.97 Å². The Balaban J connectivity index is 2.94. The molecular weight excluding hydrogens is 216 g/mol. The van der Waals surface area contributed by atoms with Crippen LogP contribution in [0.15, 0.2) is 0 Å². The molecule has 2 unspecified atom stereocenters. The van der Waals surface area contributed by atoms with Crippen LogP contribution in [0.1, 0.15) is 59.8 Å². The van der Waals surface area contributed by atoms with Crippen LogP contribution in [0.25, 0.3) is 0 Å². The Labute approximate surface area is 105 Å². The Morgan fingerprint density at radius 1 is 1.47 bits per heavy atom. The standard InChI is InChI=1S/C14H26O3/c1-5-9-14(16,12(15)17-6-2)11-8-7-10-13(11,3)4/h11,16H,5-10H2,1-4H3. The second-order valence-corrected chi connectivity index (χ2v) is 5.83. The first kappa shape index (κ1) is 14.5. The van der Waals surface area contributed by atoms with Crippen LogP contribution >= 0.6 is 0 Å². The summed E-state index contributed by atoms with van der Waals surface area (Å²) in [5.41, 5.74) is -1.26. The van der Waals surface area contributed by atoms with Crippen molar-refractivity contribution in [3.8, 4) is 0 Å².